The molecule has 3 nitrogen and oxygen atoms in total. The Bertz CT molecular complexity index is 692. The molecule has 2 aromatic carbocycles. The number of aliphatic hydroxyl groups excluding tert-OH is 1. The van der Waals surface area contributed by atoms with Crippen molar-refractivity contribution in [2.75, 3.05) is 6.61 Å². The number of rotatable bonds is 6. The van der Waals surface area contributed by atoms with Crippen LogP contribution in [-0.4, -0.2) is 34.6 Å². The van der Waals surface area contributed by atoms with Crippen LogP contribution in [0.5, 0.6) is 0 Å². The summed E-state index contributed by atoms with van der Waals surface area (Å²) in [5, 5.41) is 9.83. The molecule has 3 rings (SSSR count). The van der Waals surface area contributed by atoms with E-state index in [2.05, 4.69) is 13.8 Å². The van der Waals surface area contributed by atoms with Crippen LogP contribution in [0.3, 0.4) is 0 Å². The molecule has 1 aliphatic carbocycles. The largest absolute Gasteiger partial charge is 0.394 e. The quantitative estimate of drug-likeness (QED) is 0.873. The average Bonchev–Trinajstić information content (AvgIpc) is 3.44. The van der Waals surface area contributed by atoms with Gasteiger partial charge < -0.3 is 10.0 Å². The third-order valence-electron chi connectivity index (χ3n) is 4.73. The van der Waals surface area contributed by atoms with Crippen LogP contribution in [0.2, 0.25) is 0 Å². The number of carbonyl (C=O) groups is 1. The molecular weight excluding hydrogens is 298 g/mol. The molecule has 2 aromatic rings. The average molecular weight is 323 g/mol. The fourth-order valence-electron chi connectivity index (χ4n) is 3.24. The lowest BCUT2D eigenvalue weighted by molar-refractivity contribution is 0.0482. The van der Waals surface area contributed by atoms with Gasteiger partial charge in [0.05, 0.1) is 12.6 Å². The van der Waals surface area contributed by atoms with Gasteiger partial charge in [0.2, 0.25) is 0 Å². The number of amides is 1. The first-order valence-electron chi connectivity index (χ1n) is 8.71. The molecule has 0 spiro atoms. The van der Waals surface area contributed by atoms with E-state index >= 15 is 0 Å². The highest BCUT2D eigenvalue weighted by Crippen LogP contribution is 2.34. The zero-order valence-corrected chi connectivity index (χ0v) is 14.4. The van der Waals surface area contributed by atoms with Crippen LogP contribution < -0.4 is 0 Å². The first kappa shape index (κ1) is 16.7. The Hall–Kier alpha value is -2.13. The van der Waals surface area contributed by atoms with Gasteiger partial charge in [-0.3, -0.25) is 4.79 Å². The summed E-state index contributed by atoms with van der Waals surface area (Å²) >= 11 is 0. The lowest BCUT2D eigenvalue weighted by Gasteiger charge is -2.34. The van der Waals surface area contributed by atoms with E-state index in [1.54, 1.807) is 0 Å². The SMILES string of the molecule is CC(C)[C@@H](CO)N(C(=O)c1ccccc1-c1ccccc1)C1CC1. The maximum absolute atomic E-state index is 13.3. The minimum Gasteiger partial charge on any atom is -0.394 e. The fourth-order valence-corrected chi connectivity index (χ4v) is 3.24. The number of hydrogen-bond donors (Lipinski definition) is 1. The fraction of sp³-hybridized carbons (Fsp3) is 0.381. The summed E-state index contributed by atoms with van der Waals surface area (Å²) in [5.74, 6) is 0.258. The van der Waals surface area contributed by atoms with Gasteiger partial charge in [-0.05, 0) is 36.0 Å². The number of benzene rings is 2. The van der Waals surface area contributed by atoms with Gasteiger partial charge >= 0.3 is 0 Å². The highest BCUT2D eigenvalue weighted by atomic mass is 16.3. The van der Waals surface area contributed by atoms with Crippen molar-refractivity contribution in [2.24, 2.45) is 5.92 Å². The summed E-state index contributed by atoms with van der Waals surface area (Å²) in [5.41, 5.74) is 2.71. The molecule has 0 saturated heterocycles. The molecule has 24 heavy (non-hydrogen) atoms. The highest BCUT2D eigenvalue weighted by Gasteiger charge is 2.39. The summed E-state index contributed by atoms with van der Waals surface area (Å²) < 4.78 is 0. The zero-order valence-electron chi connectivity index (χ0n) is 14.4. The van der Waals surface area contributed by atoms with Crippen LogP contribution in [0.25, 0.3) is 11.1 Å². The van der Waals surface area contributed by atoms with E-state index in [1.807, 2.05) is 59.5 Å². The summed E-state index contributed by atoms with van der Waals surface area (Å²) in [7, 11) is 0. The second kappa shape index (κ2) is 7.18. The molecule has 0 bridgehead atoms. The first-order chi connectivity index (χ1) is 11.6. The van der Waals surface area contributed by atoms with Crippen LogP contribution >= 0.6 is 0 Å². The molecule has 1 aliphatic rings. The predicted molar refractivity (Wildman–Crippen MR) is 96.8 cm³/mol. The molecule has 0 aromatic heterocycles. The summed E-state index contributed by atoms with van der Waals surface area (Å²) in [6.07, 6.45) is 2.06. The van der Waals surface area contributed by atoms with Crippen molar-refractivity contribution in [1.82, 2.24) is 4.90 Å². The molecular formula is C21H25NO2. The van der Waals surface area contributed by atoms with Gasteiger partial charge in [-0.1, -0.05) is 62.4 Å². The zero-order chi connectivity index (χ0) is 17.1. The van der Waals surface area contributed by atoms with E-state index in [1.165, 1.54) is 0 Å². The van der Waals surface area contributed by atoms with Crippen molar-refractivity contribution < 1.29 is 9.90 Å². The molecule has 0 unspecified atom stereocenters. The molecule has 0 aliphatic heterocycles. The number of hydrogen-bond acceptors (Lipinski definition) is 2. The molecule has 1 amide bonds. The van der Waals surface area contributed by atoms with Crippen molar-refractivity contribution in [2.45, 2.75) is 38.8 Å². The van der Waals surface area contributed by atoms with Gasteiger partial charge in [0, 0.05) is 11.6 Å². The number of aliphatic hydroxyl groups is 1. The van der Waals surface area contributed by atoms with Gasteiger partial charge in [0.25, 0.3) is 5.91 Å². The van der Waals surface area contributed by atoms with Gasteiger partial charge in [0.1, 0.15) is 0 Å². The lowest BCUT2D eigenvalue weighted by Crippen LogP contribution is -2.47. The molecule has 1 atom stereocenters. The van der Waals surface area contributed by atoms with Crippen molar-refractivity contribution in [3.63, 3.8) is 0 Å². The smallest absolute Gasteiger partial charge is 0.255 e. The van der Waals surface area contributed by atoms with E-state index in [4.69, 9.17) is 0 Å². The Kier molecular flexibility index (Phi) is 5.00. The molecule has 0 radical (unpaired) electrons. The Morgan fingerprint density at radius 2 is 1.71 bits per heavy atom. The lowest BCUT2D eigenvalue weighted by atomic mass is 9.96. The van der Waals surface area contributed by atoms with Gasteiger partial charge in [-0.15, -0.1) is 0 Å². The second-order valence-corrected chi connectivity index (χ2v) is 6.85. The van der Waals surface area contributed by atoms with Crippen LogP contribution in [-0.2, 0) is 0 Å². The number of nitrogens with zero attached hydrogens (tertiary/aromatic N) is 1. The van der Waals surface area contributed by atoms with Gasteiger partial charge in [-0.25, -0.2) is 0 Å². The van der Waals surface area contributed by atoms with Crippen molar-refractivity contribution in [3.05, 3.63) is 60.2 Å². The van der Waals surface area contributed by atoms with E-state index in [9.17, 15) is 9.90 Å². The third kappa shape index (κ3) is 3.36. The van der Waals surface area contributed by atoms with Crippen molar-refractivity contribution in [3.8, 4) is 11.1 Å². The van der Waals surface area contributed by atoms with Crippen molar-refractivity contribution in [1.29, 1.82) is 0 Å². The normalized spacial score (nSPS) is 15.3. The Balaban J connectivity index is 2.00. The summed E-state index contributed by atoms with van der Waals surface area (Å²) in [6.45, 7) is 4.13. The molecule has 1 fully saturated rings. The Morgan fingerprint density at radius 1 is 1.08 bits per heavy atom. The maximum Gasteiger partial charge on any atom is 0.255 e. The van der Waals surface area contributed by atoms with Crippen LogP contribution in [0, 0.1) is 5.92 Å². The third-order valence-corrected chi connectivity index (χ3v) is 4.73. The van der Waals surface area contributed by atoms with Gasteiger partial charge in [-0.2, -0.15) is 0 Å². The standard InChI is InChI=1S/C21H25NO2/c1-15(2)20(14-23)22(17-12-13-17)21(24)19-11-7-6-10-18(19)16-8-4-3-5-9-16/h3-11,15,17,20,23H,12-14H2,1-2H3/t20-/m1/s1. The Morgan fingerprint density at radius 3 is 2.29 bits per heavy atom. The minimum absolute atomic E-state index is 0.00735. The molecule has 126 valence electrons. The van der Waals surface area contributed by atoms with E-state index in [0.29, 0.717) is 0 Å². The molecule has 1 saturated carbocycles. The highest BCUT2D eigenvalue weighted by molar-refractivity contribution is 6.01. The molecule has 3 heteroatoms. The van der Waals surface area contributed by atoms with E-state index < -0.39 is 0 Å². The van der Waals surface area contributed by atoms with E-state index in [0.717, 1.165) is 29.5 Å². The summed E-state index contributed by atoms with van der Waals surface area (Å²) in [6, 6.07) is 17.9. The second-order valence-electron chi connectivity index (χ2n) is 6.85. The van der Waals surface area contributed by atoms with Crippen LogP contribution in [0.4, 0.5) is 0 Å². The molecule has 1 N–H and O–H groups in total. The number of carbonyl (C=O) groups excluding carboxylic acids is 1. The monoisotopic (exact) mass is 323 g/mol. The van der Waals surface area contributed by atoms with Crippen molar-refractivity contribution >= 4 is 5.91 Å². The van der Waals surface area contributed by atoms with Gasteiger partial charge in [0.15, 0.2) is 0 Å². The van der Waals surface area contributed by atoms with Crippen LogP contribution in [0.15, 0.2) is 54.6 Å². The topological polar surface area (TPSA) is 40.5 Å². The first-order valence-corrected chi connectivity index (χ1v) is 8.71. The molecule has 0 heterocycles. The minimum atomic E-state index is -0.131. The maximum atomic E-state index is 13.3. The Labute approximate surface area is 143 Å². The summed E-state index contributed by atoms with van der Waals surface area (Å²) in [4.78, 5) is 15.3. The van der Waals surface area contributed by atoms with E-state index in [-0.39, 0.29) is 30.5 Å². The predicted octanol–water partition coefficient (Wildman–Crippen LogP) is 3.98. The van der Waals surface area contributed by atoms with Crippen LogP contribution in [0.1, 0.15) is 37.0 Å².